The van der Waals surface area contributed by atoms with Crippen LogP contribution in [-0.4, -0.2) is 26.6 Å². The number of benzene rings is 1. The Kier molecular flexibility index (Phi) is 1.99. The van der Waals surface area contributed by atoms with E-state index in [9.17, 15) is 14.7 Å². The third-order valence-corrected chi connectivity index (χ3v) is 3.50. The summed E-state index contributed by atoms with van der Waals surface area (Å²) in [6, 6.07) is 4.31. The molecule has 100 valence electrons. The molecule has 1 amide bonds. The standard InChI is InChI=1S/C13H15N3O3/c1-7(17)14-10-5-6-16-11-8(12(10)18)3-2-4-9(11)15-13(16)19/h2-4,10,12,18H,5-6H2,1H3,(H,14,17)(H,15,19)/t10-,12-/m1/s1/i1D3. The van der Waals surface area contributed by atoms with Gasteiger partial charge in [0.1, 0.15) is 6.10 Å². The molecule has 0 saturated carbocycles. The van der Waals surface area contributed by atoms with Crippen LogP contribution in [0.4, 0.5) is 0 Å². The van der Waals surface area contributed by atoms with Crippen molar-refractivity contribution in [3.8, 4) is 0 Å². The fourth-order valence-corrected chi connectivity index (χ4v) is 2.66. The molecule has 6 heteroatoms. The monoisotopic (exact) mass is 264 g/mol. The van der Waals surface area contributed by atoms with Crippen molar-refractivity contribution >= 4 is 16.9 Å². The fourth-order valence-electron chi connectivity index (χ4n) is 2.66. The van der Waals surface area contributed by atoms with Crippen molar-refractivity contribution in [2.45, 2.75) is 32.0 Å². The molecule has 3 rings (SSSR count). The number of aromatic amines is 1. The van der Waals surface area contributed by atoms with Gasteiger partial charge >= 0.3 is 5.69 Å². The largest absolute Gasteiger partial charge is 0.386 e. The van der Waals surface area contributed by atoms with E-state index in [0.29, 0.717) is 16.6 Å². The molecule has 1 aromatic heterocycles. The zero-order valence-electron chi connectivity index (χ0n) is 13.0. The highest BCUT2D eigenvalue weighted by molar-refractivity contribution is 5.80. The quantitative estimate of drug-likeness (QED) is 0.691. The maximum absolute atomic E-state index is 12.0. The van der Waals surface area contributed by atoms with Crippen LogP contribution in [0.15, 0.2) is 23.0 Å². The molecule has 0 aliphatic carbocycles. The van der Waals surface area contributed by atoms with E-state index in [4.69, 9.17) is 4.11 Å². The Balaban J connectivity index is 2.01. The molecule has 0 fully saturated rings. The van der Waals surface area contributed by atoms with Gasteiger partial charge in [-0.25, -0.2) is 4.79 Å². The highest BCUT2D eigenvalue weighted by Crippen LogP contribution is 2.29. The molecule has 0 unspecified atom stereocenters. The number of imidazole rings is 1. The van der Waals surface area contributed by atoms with Crippen molar-refractivity contribution in [2.75, 3.05) is 0 Å². The molecule has 2 aromatic rings. The Hall–Kier alpha value is -2.08. The van der Waals surface area contributed by atoms with Gasteiger partial charge in [0.15, 0.2) is 0 Å². The molecule has 19 heavy (non-hydrogen) atoms. The van der Waals surface area contributed by atoms with Gasteiger partial charge in [-0.3, -0.25) is 9.36 Å². The predicted molar refractivity (Wildman–Crippen MR) is 69.7 cm³/mol. The van der Waals surface area contributed by atoms with E-state index >= 15 is 0 Å². The van der Waals surface area contributed by atoms with Gasteiger partial charge in [0.25, 0.3) is 0 Å². The van der Waals surface area contributed by atoms with E-state index in [2.05, 4.69) is 10.3 Å². The lowest BCUT2D eigenvalue weighted by molar-refractivity contribution is -0.120. The van der Waals surface area contributed by atoms with Gasteiger partial charge in [0.05, 0.1) is 17.1 Å². The number of aliphatic hydroxyl groups is 1. The first kappa shape index (κ1) is 8.92. The number of nitrogens with one attached hydrogen (secondary N) is 2. The number of H-pyrrole nitrogens is 1. The fraction of sp³-hybridized carbons (Fsp3) is 0.385. The second-order valence-corrected chi connectivity index (χ2v) is 4.64. The van der Waals surface area contributed by atoms with Crippen LogP contribution in [0.3, 0.4) is 0 Å². The molecular formula is C13H15N3O3. The molecule has 6 nitrogen and oxygen atoms in total. The van der Waals surface area contributed by atoms with Gasteiger partial charge in [-0.1, -0.05) is 12.1 Å². The third-order valence-electron chi connectivity index (χ3n) is 3.50. The van der Waals surface area contributed by atoms with Crippen LogP contribution in [0.2, 0.25) is 0 Å². The molecule has 1 aliphatic heterocycles. The summed E-state index contributed by atoms with van der Waals surface area (Å²) < 4.78 is 22.8. The molecule has 2 atom stereocenters. The SMILES string of the molecule is [2H]C([2H])([2H])C(=O)N[C@@H]1CCn2c(=O)[nH]c3cccc(c32)[C@H]1O. The molecule has 0 radical (unpaired) electrons. The molecule has 2 heterocycles. The Morgan fingerprint density at radius 3 is 3.26 bits per heavy atom. The lowest BCUT2D eigenvalue weighted by Crippen LogP contribution is -2.38. The Bertz CT molecular complexity index is 793. The number of aliphatic hydroxyl groups excluding tert-OH is 1. The van der Waals surface area contributed by atoms with E-state index in [1.54, 1.807) is 18.2 Å². The second kappa shape index (κ2) is 4.24. The number of aromatic nitrogens is 2. The van der Waals surface area contributed by atoms with Gasteiger partial charge in [0.2, 0.25) is 5.91 Å². The molecule has 0 spiro atoms. The number of aryl methyl sites for hydroxylation is 1. The zero-order valence-corrected chi connectivity index (χ0v) is 10.0. The molecule has 0 bridgehead atoms. The van der Waals surface area contributed by atoms with E-state index in [-0.39, 0.29) is 18.7 Å². The Labute approximate surface area is 113 Å². The van der Waals surface area contributed by atoms with Crippen LogP contribution < -0.4 is 11.0 Å². The van der Waals surface area contributed by atoms with E-state index in [1.807, 2.05) is 0 Å². The highest BCUT2D eigenvalue weighted by Gasteiger charge is 2.28. The van der Waals surface area contributed by atoms with Crippen LogP contribution >= 0.6 is 0 Å². The summed E-state index contributed by atoms with van der Waals surface area (Å²) in [5, 5.41) is 12.9. The average Bonchev–Trinajstić information content (AvgIpc) is 2.68. The number of nitrogens with zero attached hydrogens (tertiary/aromatic N) is 1. The van der Waals surface area contributed by atoms with Crippen LogP contribution in [0.5, 0.6) is 0 Å². The number of hydrogen-bond donors (Lipinski definition) is 3. The first-order valence-electron chi connectivity index (χ1n) is 7.49. The summed E-state index contributed by atoms with van der Waals surface area (Å²) in [5.74, 6) is -1.11. The minimum atomic E-state index is -2.77. The average molecular weight is 264 g/mol. The summed E-state index contributed by atoms with van der Waals surface area (Å²) in [4.78, 5) is 26.3. The van der Waals surface area contributed by atoms with Crippen LogP contribution in [0.25, 0.3) is 11.0 Å². The predicted octanol–water partition coefficient (Wildman–Crippen LogP) is 0.271. The number of amides is 1. The molecular weight excluding hydrogens is 246 g/mol. The van der Waals surface area contributed by atoms with Crippen molar-refractivity contribution in [1.82, 2.24) is 14.9 Å². The zero-order chi connectivity index (χ0) is 16.1. The van der Waals surface area contributed by atoms with E-state index in [1.165, 1.54) is 4.57 Å². The third kappa shape index (κ3) is 1.84. The lowest BCUT2D eigenvalue weighted by atomic mass is 10.00. The molecule has 1 aromatic carbocycles. The maximum atomic E-state index is 12.0. The topological polar surface area (TPSA) is 87.1 Å². The second-order valence-electron chi connectivity index (χ2n) is 4.64. The number of hydrogen-bond acceptors (Lipinski definition) is 3. The summed E-state index contributed by atoms with van der Waals surface area (Å²) in [6.07, 6.45) is -0.830. The molecule has 0 saturated heterocycles. The van der Waals surface area contributed by atoms with Crippen molar-refractivity contribution in [1.29, 1.82) is 0 Å². The molecule has 1 aliphatic rings. The van der Waals surface area contributed by atoms with Crippen molar-refractivity contribution in [3.05, 3.63) is 34.2 Å². The van der Waals surface area contributed by atoms with Crippen LogP contribution in [0, 0.1) is 0 Å². The number of para-hydroxylation sites is 1. The Morgan fingerprint density at radius 2 is 2.47 bits per heavy atom. The minimum Gasteiger partial charge on any atom is -0.386 e. The summed E-state index contributed by atoms with van der Waals surface area (Å²) in [7, 11) is 0. The smallest absolute Gasteiger partial charge is 0.326 e. The first-order valence-corrected chi connectivity index (χ1v) is 5.99. The van der Waals surface area contributed by atoms with Gasteiger partial charge in [-0.05, 0) is 12.5 Å². The van der Waals surface area contributed by atoms with Crippen LogP contribution in [-0.2, 0) is 11.3 Å². The highest BCUT2D eigenvalue weighted by atomic mass is 16.3. The summed E-state index contributed by atoms with van der Waals surface area (Å²) >= 11 is 0. The van der Waals surface area contributed by atoms with Gasteiger partial charge in [0, 0.05) is 23.1 Å². The van der Waals surface area contributed by atoms with Crippen LogP contribution in [0.1, 0.15) is 29.1 Å². The van der Waals surface area contributed by atoms with Gasteiger partial charge in [-0.15, -0.1) is 0 Å². The van der Waals surface area contributed by atoms with Gasteiger partial charge in [-0.2, -0.15) is 0 Å². The number of carbonyl (C=O) groups is 1. The molecule has 3 N–H and O–H groups in total. The normalized spacial score (nSPS) is 25.2. The minimum absolute atomic E-state index is 0.254. The first-order chi connectivity index (χ1) is 10.3. The lowest BCUT2D eigenvalue weighted by Gasteiger charge is -2.21. The number of carbonyl (C=O) groups excluding carboxylic acids is 1. The Morgan fingerprint density at radius 1 is 1.63 bits per heavy atom. The van der Waals surface area contributed by atoms with Crippen molar-refractivity contribution < 1.29 is 14.0 Å². The summed E-state index contributed by atoms with van der Waals surface area (Å²) in [5.41, 5.74) is 1.39. The van der Waals surface area contributed by atoms with Gasteiger partial charge < -0.3 is 15.4 Å². The van der Waals surface area contributed by atoms with E-state index < -0.39 is 24.9 Å². The number of rotatable bonds is 1. The van der Waals surface area contributed by atoms with Crippen molar-refractivity contribution in [3.63, 3.8) is 0 Å². The van der Waals surface area contributed by atoms with E-state index in [0.717, 1.165) is 0 Å². The van der Waals surface area contributed by atoms with Crippen molar-refractivity contribution in [2.24, 2.45) is 0 Å². The summed E-state index contributed by atoms with van der Waals surface area (Å²) in [6.45, 7) is -2.50. The maximum Gasteiger partial charge on any atom is 0.326 e.